The van der Waals surface area contributed by atoms with Crippen LogP contribution >= 0.6 is 0 Å². The standard InChI is InChI=1S/C23H40O/c1-2-3-4-5-6-7-8-9-10-11-12-13-14-15-19-22-24-23-20-17-16-18-21-23/h16-18,20-21H,2-15,19,22H2,1H3. The summed E-state index contributed by atoms with van der Waals surface area (Å²) in [6.07, 6.45) is 21.1. The van der Waals surface area contributed by atoms with Gasteiger partial charge >= 0.3 is 0 Å². The van der Waals surface area contributed by atoms with Gasteiger partial charge < -0.3 is 4.74 Å². The monoisotopic (exact) mass is 332 g/mol. The molecule has 0 aliphatic rings. The number of benzene rings is 1. The van der Waals surface area contributed by atoms with Crippen molar-refractivity contribution in [3.05, 3.63) is 30.3 Å². The zero-order valence-corrected chi connectivity index (χ0v) is 16.1. The molecule has 0 radical (unpaired) electrons. The summed E-state index contributed by atoms with van der Waals surface area (Å²) in [5, 5.41) is 0. The summed E-state index contributed by atoms with van der Waals surface area (Å²) in [6.45, 7) is 3.15. The van der Waals surface area contributed by atoms with Gasteiger partial charge in [-0.25, -0.2) is 0 Å². The van der Waals surface area contributed by atoms with Gasteiger partial charge in [0, 0.05) is 0 Å². The Hall–Kier alpha value is -0.980. The zero-order valence-electron chi connectivity index (χ0n) is 16.1. The van der Waals surface area contributed by atoms with Crippen LogP contribution in [0, 0.1) is 0 Å². The Labute approximate surface area is 151 Å². The van der Waals surface area contributed by atoms with E-state index in [1.165, 1.54) is 96.3 Å². The van der Waals surface area contributed by atoms with Gasteiger partial charge in [-0.2, -0.15) is 0 Å². The van der Waals surface area contributed by atoms with Crippen molar-refractivity contribution in [1.82, 2.24) is 0 Å². The van der Waals surface area contributed by atoms with Gasteiger partial charge in [0.05, 0.1) is 6.61 Å². The molecule has 1 aromatic rings. The lowest BCUT2D eigenvalue weighted by Crippen LogP contribution is -1.96. The number of para-hydroxylation sites is 1. The Morgan fingerprint density at radius 1 is 0.542 bits per heavy atom. The molecule has 0 bridgehead atoms. The van der Waals surface area contributed by atoms with E-state index in [1.807, 2.05) is 30.3 Å². The summed E-state index contributed by atoms with van der Waals surface area (Å²) in [7, 11) is 0. The summed E-state index contributed by atoms with van der Waals surface area (Å²) < 4.78 is 5.72. The Bertz CT molecular complexity index is 346. The SMILES string of the molecule is CCCCCCCCCCCCCCCCCOc1ccccc1. The molecule has 1 heteroatoms. The normalized spacial score (nSPS) is 10.9. The number of ether oxygens (including phenoxy) is 1. The predicted octanol–water partition coefficient (Wildman–Crippen LogP) is 7.94. The number of unbranched alkanes of at least 4 members (excludes halogenated alkanes) is 14. The van der Waals surface area contributed by atoms with E-state index in [0.717, 1.165) is 12.4 Å². The van der Waals surface area contributed by atoms with Crippen molar-refractivity contribution in [2.45, 2.75) is 103 Å². The number of hydrogen-bond donors (Lipinski definition) is 0. The van der Waals surface area contributed by atoms with Crippen molar-refractivity contribution >= 4 is 0 Å². The second-order valence-electron chi connectivity index (χ2n) is 7.11. The van der Waals surface area contributed by atoms with Gasteiger partial charge in [-0.3, -0.25) is 0 Å². The largest absolute Gasteiger partial charge is 0.494 e. The van der Waals surface area contributed by atoms with E-state index < -0.39 is 0 Å². The summed E-state index contributed by atoms with van der Waals surface area (Å²) >= 11 is 0. The maximum atomic E-state index is 5.72. The highest BCUT2D eigenvalue weighted by Gasteiger charge is 1.95. The highest BCUT2D eigenvalue weighted by molar-refractivity contribution is 5.20. The minimum Gasteiger partial charge on any atom is -0.494 e. The van der Waals surface area contributed by atoms with Crippen LogP contribution in [0.4, 0.5) is 0 Å². The molecule has 0 saturated carbocycles. The molecular formula is C23H40O. The van der Waals surface area contributed by atoms with Gasteiger partial charge in [-0.1, -0.05) is 115 Å². The van der Waals surface area contributed by atoms with Crippen molar-refractivity contribution in [3.8, 4) is 5.75 Å². The molecular weight excluding hydrogens is 292 g/mol. The maximum absolute atomic E-state index is 5.72. The lowest BCUT2D eigenvalue weighted by molar-refractivity contribution is 0.304. The number of hydrogen-bond acceptors (Lipinski definition) is 1. The van der Waals surface area contributed by atoms with Crippen molar-refractivity contribution < 1.29 is 4.74 Å². The molecule has 0 aliphatic carbocycles. The van der Waals surface area contributed by atoms with Gasteiger partial charge in [0.1, 0.15) is 5.75 Å². The summed E-state index contributed by atoms with van der Waals surface area (Å²) in [4.78, 5) is 0. The van der Waals surface area contributed by atoms with Gasteiger partial charge in [-0.05, 0) is 18.6 Å². The van der Waals surface area contributed by atoms with Gasteiger partial charge in [0.2, 0.25) is 0 Å². The quantitative estimate of drug-likeness (QED) is 0.263. The highest BCUT2D eigenvalue weighted by atomic mass is 16.5. The minimum atomic E-state index is 0.863. The minimum absolute atomic E-state index is 0.863. The molecule has 0 atom stereocenters. The Morgan fingerprint density at radius 3 is 1.42 bits per heavy atom. The molecule has 24 heavy (non-hydrogen) atoms. The average Bonchev–Trinajstić information content (AvgIpc) is 2.62. The van der Waals surface area contributed by atoms with Crippen molar-refractivity contribution in [1.29, 1.82) is 0 Å². The van der Waals surface area contributed by atoms with Crippen LogP contribution in [0.25, 0.3) is 0 Å². The molecule has 0 fully saturated rings. The second kappa shape index (κ2) is 16.9. The summed E-state index contributed by atoms with van der Waals surface area (Å²) in [5.41, 5.74) is 0. The van der Waals surface area contributed by atoms with Crippen LogP contribution in [-0.4, -0.2) is 6.61 Å². The van der Waals surface area contributed by atoms with Crippen molar-refractivity contribution in [2.24, 2.45) is 0 Å². The maximum Gasteiger partial charge on any atom is 0.119 e. The van der Waals surface area contributed by atoms with E-state index in [4.69, 9.17) is 4.74 Å². The molecule has 0 unspecified atom stereocenters. The molecule has 0 aromatic heterocycles. The van der Waals surface area contributed by atoms with E-state index in [0.29, 0.717) is 0 Å². The third-order valence-corrected chi connectivity index (χ3v) is 4.76. The van der Waals surface area contributed by atoms with Gasteiger partial charge in [-0.15, -0.1) is 0 Å². The summed E-state index contributed by atoms with van der Waals surface area (Å²) in [6, 6.07) is 10.2. The van der Waals surface area contributed by atoms with Crippen LogP contribution in [0.5, 0.6) is 5.75 Å². The molecule has 0 aliphatic heterocycles. The number of rotatable bonds is 17. The molecule has 1 aromatic carbocycles. The zero-order chi connectivity index (χ0) is 17.1. The van der Waals surface area contributed by atoms with Crippen LogP contribution in [0.2, 0.25) is 0 Å². The van der Waals surface area contributed by atoms with E-state index in [9.17, 15) is 0 Å². The Morgan fingerprint density at radius 2 is 0.958 bits per heavy atom. The molecule has 138 valence electrons. The molecule has 0 heterocycles. The van der Waals surface area contributed by atoms with E-state index in [1.54, 1.807) is 0 Å². The van der Waals surface area contributed by atoms with E-state index in [2.05, 4.69) is 6.92 Å². The fourth-order valence-corrected chi connectivity index (χ4v) is 3.18. The smallest absolute Gasteiger partial charge is 0.119 e. The average molecular weight is 333 g/mol. The van der Waals surface area contributed by atoms with Crippen LogP contribution in [-0.2, 0) is 0 Å². The summed E-state index contributed by atoms with van der Waals surface area (Å²) in [5.74, 6) is 1.00. The van der Waals surface area contributed by atoms with Crippen molar-refractivity contribution in [3.63, 3.8) is 0 Å². The Balaban J connectivity index is 1.70. The first-order valence-electron chi connectivity index (χ1n) is 10.6. The lowest BCUT2D eigenvalue weighted by Gasteiger charge is -2.06. The lowest BCUT2D eigenvalue weighted by atomic mass is 10.0. The predicted molar refractivity (Wildman–Crippen MR) is 107 cm³/mol. The van der Waals surface area contributed by atoms with Crippen LogP contribution in [0.3, 0.4) is 0 Å². The van der Waals surface area contributed by atoms with Gasteiger partial charge in [0.25, 0.3) is 0 Å². The van der Waals surface area contributed by atoms with Gasteiger partial charge in [0.15, 0.2) is 0 Å². The highest BCUT2D eigenvalue weighted by Crippen LogP contribution is 2.14. The van der Waals surface area contributed by atoms with E-state index in [-0.39, 0.29) is 0 Å². The molecule has 0 spiro atoms. The first-order valence-corrected chi connectivity index (χ1v) is 10.6. The first kappa shape index (κ1) is 21.1. The fraction of sp³-hybridized carbons (Fsp3) is 0.739. The second-order valence-corrected chi connectivity index (χ2v) is 7.11. The Kier molecular flexibility index (Phi) is 14.8. The van der Waals surface area contributed by atoms with Crippen LogP contribution in [0.1, 0.15) is 103 Å². The van der Waals surface area contributed by atoms with Crippen LogP contribution < -0.4 is 4.74 Å². The molecule has 0 amide bonds. The fourth-order valence-electron chi connectivity index (χ4n) is 3.18. The third-order valence-electron chi connectivity index (χ3n) is 4.76. The molecule has 1 rings (SSSR count). The van der Waals surface area contributed by atoms with Crippen LogP contribution in [0.15, 0.2) is 30.3 Å². The van der Waals surface area contributed by atoms with Crippen molar-refractivity contribution in [2.75, 3.05) is 6.61 Å². The molecule has 0 saturated heterocycles. The molecule has 0 N–H and O–H groups in total. The molecule has 1 nitrogen and oxygen atoms in total. The third kappa shape index (κ3) is 13.5. The topological polar surface area (TPSA) is 9.23 Å². The first-order chi connectivity index (χ1) is 11.9. The van der Waals surface area contributed by atoms with E-state index >= 15 is 0 Å².